The van der Waals surface area contributed by atoms with Gasteiger partial charge in [0, 0.05) is 37.8 Å². The molecule has 1 saturated heterocycles. The molecule has 0 N–H and O–H groups in total. The fourth-order valence-corrected chi connectivity index (χ4v) is 3.73. The van der Waals surface area contributed by atoms with Crippen LogP contribution in [0.2, 0.25) is 0 Å². The molecule has 0 radical (unpaired) electrons. The van der Waals surface area contributed by atoms with E-state index in [9.17, 15) is 4.79 Å². The predicted octanol–water partition coefficient (Wildman–Crippen LogP) is 3.49. The molecule has 5 heteroatoms. The number of rotatable bonds is 5. The highest BCUT2D eigenvalue weighted by Crippen LogP contribution is 2.31. The predicted molar refractivity (Wildman–Crippen MR) is 100 cm³/mol. The fraction of sp³-hybridized carbons (Fsp3) is 0.333. The molecule has 0 saturated carbocycles. The number of pyridine rings is 1. The largest absolute Gasteiger partial charge is 0.497 e. The van der Waals surface area contributed by atoms with Crippen LogP contribution in [-0.2, 0) is 4.79 Å². The maximum absolute atomic E-state index is 12.9. The summed E-state index contributed by atoms with van der Waals surface area (Å²) in [5.74, 6) is 0.951. The molecule has 3 heterocycles. The van der Waals surface area contributed by atoms with Crippen LogP contribution in [0.5, 0.6) is 5.75 Å². The molecule has 1 aromatic carbocycles. The Balaban J connectivity index is 1.74. The highest BCUT2D eigenvalue weighted by molar-refractivity contribution is 5.78. The molecule has 5 nitrogen and oxygen atoms in total. The maximum atomic E-state index is 12.9. The standard InChI is InChI=1S/C21H23N3O2/c1-26-17-8-6-7-16(13-17)18(14-21(25)23-10-4-5-11-23)19-15-22-20-9-2-3-12-24(19)20/h2-3,6-9,12-13,15,18H,4-5,10-11,14H2,1H3. The lowest BCUT2D eigenvalue weighted by atomic mass is 9.92. The van der Waals surface area contributed by atoms with Gasteiger partial charge in [-0.05, 0) is 42.7 Å². The van der Waals surface area contributed by atoms with E-state index >= 15 is 0 Å². The lowest BCUT2D eigenvalue weighted by molar-refractivity contribution is -0.130. The Labute approximate surface area is 153 Å². The summed E-state index contributed by atoms with van der Waals surface area (Å²) < 4.78 is 7.47. The third-order valence-electron chi connectivity index (χ3n) is 5.14. The van der Waals surface area contributed by atoms with Crippen LogP contribution in [0.1, 0.15) is 36.4 Å². The van der Waals surface area contributed by atoms with Crippen molar-refractivity contribution in [3.63, 3.8) is 0 Å². The second-order valence-electron chi connectivity index (χ2n) is 6.73. The van der Waals surface area contributed by atoms with Crippen LogP contribution in [0.15, 0.2) is 54.9 Å². The molecule has 3 aromatic rings. The number of imidazole rings is 1. The second kappa shape index (κ2) is 7.20. The summed E-state index contributed by atoms with van der Waals surface area (Å²) in [6.45, 7) is 1.74. The monoisotopic (exact) mass is 349 g/mol. The third kappa shape index (κ3) is 3.17. The number of amides is 1. The quantitative estimate of drug-likeness (QED) is 0.708. The van der Waals surface area contributed by atoms with Gasteiger partial charge >= 0.3 is 0 Å². The second-order valence-corrected chi connectivity index (χ2v) is 6.73. The number of likely N-dealkylation sites (tertiary alicyclic amines) is 1. The normalized spacial score (nSPS) is 15.3. The van der Waals surface area contributed by atoms with Crippen LogP contribution in [0.3, 0.4) is 0 Å². The van der Waals surface area contributed by atoms with Gasteiger partial charge in [0.1, 0.15) is 11.4 Å². The van der Waals surface area contributed by atoms with Crippen molar-refractivity contribution in [3.8, 4) is 5.75 Å². The first-order chi connectivity index (χ1) is 12.8. The number of nitrogens with zero attached hydrogens (tertiary/aromatic N) is 3. The zero-order valence-electron chi connectivity index (χ0n) is 15.0. The van der Waals surface area contributed by atoms with Crippen molar-refractivity contribution >= 4 is 11.6 Å². The minimum absolute atomic E-state index is 0.0596. The number of carbonyl (C=O) groups excluding carboxylic acids is 1. The lowest BCUT2D eigenvalue weighted by Crippen LogP contribution is -2.29. The molecule has 0 spiro atoms. The Hall–Kier alpha value is -2.82. The van der Waals surface area contributed by atoms with Crippen molar-refractivity contribution in [2.45, 2.75) is 25.2 Å². The average Bonchev–Trinajstić information content (AvgIpc) is 3.36. The number of benzene rings is 1. The number of hydrogen-bond acceptors (Lipinski definition) is 3. The topological polar surface area (TPSA) is 46.8 Å². The van der Waals surface area contributed by atoms with E-state index in [1.54, 1.807) is 7.11 Å². The van der Waals surface area contributed by atoms with Gasteiger partial charge in [0.25, 0.3) is 0 Å². The molecular weight excluding hydrogens is 326 g/mol. The Morgan fingerprint density at radius 3 is 2.85 bits per heavy atom. The summed E-state index contributed by atoms with van der Waals surface area (Å²) in [6, 6.07) is 13.9. The van der Waals surface area contributed by atoms with Crippen LogP contribution in [-0.4, -0.2) is 40.4 Å². The molecule has 134 valence electrons. The minimum Gasteiger partial charge on any atom is -0.497 e. The minimum atomic E-state index is -0.0596. The molecule has 1 fully saturated rings. The van der Waals surface area contributed by atoms with Crippen LogP contribution < -0.4 is 4.74 Å². The summed E-state index contributed by atoms with van der Waals surface area (Å²) in [5, 5.41) is 0. The molecule has 1 unspecified atom stereocenters. The van der Waals surface area contributed by atoms with Crippen LogP contribution in [0.25, 0.3) is 5.65 Å². The number of fused-ring (bicyclic) bond motifs is 1. The van der Waals surface area contributed by atoms with Gasteiger partial charge in [-0.2, -0.15) is 0 Å². The molecule has 1 amide bonds. The van der Waals surface area contributed by atoms with E-state index in [-0.39, 0.29) is 11.8 Å². The Morgan fingerprint density at radius 2 is 2.04 bits per heavy atom. The van der Waals surface area contributed by atoms with Crippen LogP contribution >= 0.6 is 0 Å². The lowest BCUT2D eigenvalue weighted by Gasteiger charge is -2.22. The van der Waals surface area contributed by atoms with E-state index in [2.05, 4.69) is 15.5 Å². The highest BCUT2D eigenvalue weighted by atomic mass is 16.5. The molecule has 0 aliphatic carbocycles. The Morgan fingerprint density at radius 1 is 1.19 bits per heavy atom. The summed E-state index contributed by atoms with van der Waals surface area (Å²) in [5.41, 5.74) is 2.99. The highest BCUT2D eigenvalue weighted by Gasteiger charge is 2.26. The van der Waals surface area contributed by atoms with Gasteiger partial charge in [0.05, 0.1) is 12.8 Å². The van der Waals surface area contributed by atoms with Gasteiger partial charge in [-0.1, -0.05) is 18.2 Å². The molecule has 26 heavy (non-hydrogen) atoms. The Bertz CT molecular complexity index is 912. The molecule has 1 aliphatic heterocycles. The number of aromatic nitrogens is 2. The van der Waals surface area contributed by atoms with Gasteiger partial charge in [-0.15, -0.1) is 0 Å². The van der Waals surface area contributed by atoms with Crippen molar-refractivity contribution in [3.05, 3.63) is 66.1 Å². The molecule has 1 atom stereocenters. The van der Waals surface area contributed by atoms with Crippen molar-refractivity contribution in [2.75, 3.05) is 20.2 Å². The van der Waals surface area contributed by atoms with E-state index in [1.165, 1.54) is 0 Å². The Kier molecular flexibility index (Phi) is 4.61. The fourth-order valence-electron chi connectivity index (χ4n) is 3.73. The van der Waals surface area contributed by atoms with Crippen molar-refractivity contribution in [2.24, 2.45) is 0 Å². The van der Waals surface area contributed by atoms with Gasteiger partial charge < -0.3 is 14.0 Å². The number of hydrogen-bond donors (Lipinski definition) is 0. The van der Waals surface area contributed by atoms with Gasteiger partial charge in [-0.25, -0.2) is 4.98 Å². The van der Waals surface area contributed by atoms with E-state index < -0.39 is 0 Å². The van der Waals surface area contributed by atoms with Crippen molar-refractivity contribution in [1.82, 2.24) is 14.3 Å². The van der Waals surface area contributed by atoms with Crippen molar-refractivity contribution in [1.29, 1.82) is 0 Å². The first-order valence-electron chi connectivity index (χ1n) is 9.10. The summed E-state index contributed by atoms with van der Waals surface area (Å²) in [6.07, 6.45) is 6.54. The smallest absolute Gasteiger partial charge is 0.223 e. The van der Waals surface area contributed by atoms with Gasteiger partial charge in [0.2, 0.25) is 5.91 Å². The first-order valence-corrected chi connectivity index (χ1v) is 9.10. The molecule has 2 aromatic heterocycles. The third-order valence-corrected chi connectivity index (χ3v) is 5.14. The first kappa shape index (κ1) is 16.6. The van der Waals surface area contributed by atoms with Gasteiger partial charge in [0.15, 0.2) is 0 Å². The number of ether oxygens (including phenoxy) is 1. The average molecular weight is 349 g/mol. The van der Waals surface area contributed by atoms with Crippen LogP contribution in [0, 0.1) is 0 Å². The molecule has 1 aliphatic rings. The van der Waals surface area contributed by atoms with E-state index in [0.29, 0.717) is 6.42 Å². The summed E-state index contributed by atoms with van der Waals surface area (Å²) >= 11 is 0. The molecule has 0 bridgehead atoms. The van der Waals surface area contributed by atoms with Crippen LogP contribution in [0.4, 0.5) is 0 Å². The zero-order chi connectivity index (χ0) is 17.9. The van der Waals surface area contributed by atoms with E-state index in [4.69, 9.17) is 4.74 Å². The molecule has 4 rings (SSSR count). The molecular formula is C21H23N3O2. The SMILES string of the molecule is COc1cccc(C(CC(=O)N2CCCC2)c2cnc3ccccn23)c1. The summed E-state index contributed by atoms with van der Waals surface area (Å²) in [7, 11) is 1.66. The van der Waals surface area contributed by atoms with E-state index in [0.717, 1.165) is 48.6 Å². The van der Waals surface area contributed by atoms with E-state index in [1.807, 2.05) is 53.7 Å². The number of methoxy groups -OCH3 is 1. The van der Waals surface area contributed by atoms with Crippen molar-refractivity contribution < 1.29 is 9.53 Å². The maximum Gasteiger partial charge on any atom is 0.223 e. The number of carbonyl (C=O) groups is 1. The summed E-state index contributed by atoms with van der Waals surface area (Å²) in [4.78, 5) is 19.4. The van der Waals surface area contributed by atoms with Gasteiger partial charge in [-0.3, -0.25) is 4.79 Å². The zero-order valence-corrected chi connectivity index (χ0v) is 15.0.